The van der Waals surface area contributed by atoms with Gasteiger partial charge in [0, 0.05) is 6.04 Å². The van der Waals surface area contributed by atoms with Gasteiger partial charge in [-0.05, 0) is 47.9 Å². The summed E-state index contributed by atoms with van der Waals surface area (Å²) in [4.78, 5) is 25.4. The Kier molecular flexibility index (Phi) is 6.68. The lowest BCUT2D eigenvalue weighted by atomic mass is 9.92. The van der Waals surface area contributed by atoms with Crippen LogP contribution in [0.2, 0.25) is 0 Å². The van der Waals surface area contributed by atoms with Gasteiger partial charge in [-0.2, -0.15) is 0 Å². The molecule has 0 spiro atoms. The molecular weight excluding hydrogens is 352 g/mol. The average molecular weight is 383 g/mol. The maximum Gasteiger partial charge on any atom is 0.243 e. The molecule has 2 aromatic carbocycles. The first-order valence-electron chi connectivity index (χ1n) is 10.2. The van der Waals surface area contributed by atoms with Crippen LogP contribution in [0.5, 0.6) is 0 Å². The molecule has 5 nitrogen and oxygen atoms in total. The van der Waals surface area contributed by atoms with Crippen LogP contribution in [0.1, 0.15) is 45.1 Å². The lowest BCUT2D eigenvalue weighted by Crippen LogP contribution is -2.53. The van der Waals surface area contributed by atoms with Crippen molar-refractivity contribution in [1.29, 1.82) is 0 Å². The number of carbonyl (C=O) groups is 2. The Morgan fingerprint density at radius 3 is 2.43 bits per heavy atom. The van der Waals surface area contributed by atoms with Gasteiger partial charge in [0.05, 0.1) is 12.5 Å². The van der Waals surface area contributed by atoms with Crippen LogP contribution in [0.25, 0.3) is 10.8 Å². The van der Waals surface area contributed by atoms with E-state index < -0.39 is 6.04 Å². The maximum absolute atomic E-state index is 12.7. The summed E-state index contributed by atoms with van der Waals surface area (Å²) < 4.78 is 0. The van der Waals surface area contributed by atoms with Crippen LogP contribution < -0.4 is 10.6 Å². The Hall–Kier alpha value is -2.40. The zero-order valence-corrected chi connectivity index (χ0v) is 16.7. The van der Waals surface area contributed by atoms with E-state index in [1.165, 1.54) is 0 Å². The van der Waals surface area contributed by atoms with E-state index in [-0.39, 0.29) is 36.3 Å². The van der Waals surface area contributed by atoms with E-state index in [9.17, 15) is 14.7 Å². The summed E-state index contributed by atoms with van der Waals surface area (Å²) >= 11 is 0. The van der Waals surface area contributed by atoms with Crippen molar-refractivity contribution >= 4 is 22.6 Å². The van der Waals surface area contributed by atoms with Crippen molar-refractivity contribution in [1.82, 2.24) is 10.6 Å². The van der Waals surface area contributed by atoms with Crippen molar-refractivity contribution in [3.8, 4) is 0 Å². The van der Waals surface area contributed by atoms with Crippen LogP contribution in [0.4, 0.5) is 0 Å². The number of amides is 2. The Morgan fingerprint density at radius 2 is 1.71 bits per heavy atom. The minimum atomic E-state index is -0.561. The standard InChI is InChI=1S/C23H30N2O3/c1-15(2)22(23(28)24-18-10-12-19(26)13-11-18)25-21(27)14-17-8-5-7-16-6-3-4-9-20(16)17/h3-9,15,18-19,22,26H,10-14H2,1-2H3,(H,24,28)(H,25,27). The van der Waals surface area contributed by atoms with Crippen LogP contribution >= 0.6 is 0 Å². The van der Waals surface area contributed by atoms with Gasteiger partial charge in [-0.3, -0.25) is 9.59 Å². The van der Waals surface area contributed by atoms with Gasteiger partial charge in [0.25, 0.3) is 0 Å². The molecule has 1 aliphatic carbocycles. The summed E-state index contributed by atoms with van der Waals surface area (Å²) in [5.74, 6) is -0.294. The molecule has 28 heavy (non-hydrogen) atoms. The molecule has 1 atom stereocenters. The molecule has 0 aromatic heterocycles. The van der Waals surface area contributed by atoms with E-state index in [1.54, 1.807) is 0 Å². The largest absolute Gasteiger partial charge is 0.393 e. The highest BCUT2D eigenvalue weighted by Gasteiger charge is 2.28. The smallest absolute Gasteiger partial charge is 0.243 e. The minimum Gasteiger partial charge on any atom is -0.393 e. The molecule has 0 heterocycles. The predicted octanol–water partition coefficient (Wildman–Crippen LogP) is 2.94. The third-order valence-electron chi connectivity index (χ3n) is 5.54. The van der Waals surface area contributed by atoms with Crippen LogP contribution in [0.15, 0.2) is 42.5 Å². The fourth-order valence-corrected chi connectivity index (χ4v) is 3.89. The van der Waals surface area contributed by atoms with Gasteiger partial charge in [-0.15, -0.1) is 0 Å². The summed E-state index contributed by atoms with van der Waals surface area (Å²) in [6.07, 6.45) is 2.97. The van der Waals surface area contributed by atoms with E-state index in [0.717, 1.165) is 29.2 Å². The molecule has 0 saturated heterocycles. The van der Waals surface area contributed by atoms with E-state index in [4.69, 9.17) is 0 Å². The Bertz CT molecular complexity index is 820. The number of rotatable bonds is 6. The molecule has 0 bridgehead atoms. The highest BCUT2D eigenvalue weighted by molar-refractivity contribution is 5.92. The first kappa shape index (κ1) is 20.3. The highest BCUT2D eigenvalue weighted by atomic mass is 16.3. The summed E-state index contributed by atoms with van der Waals surface area (Å²) in [5, 5.41) is 17.8. The molecule has 2 amide bonds. The van der Waals surface area contributed by atoms with Gasteiger partial charge in [0.2, 0.25) is 11.8 Å². The van der Waals surface area contributed by atoms with E-state index in [1.807, 2.05) is 56.3 Å². The molecule has 1 unspecified atom stereocenters. The molecule has 1 aliphatic rings. The second-order valence-electron chi connectivity index (χ2n) is 8.12. The number of fused-ring (bicyclic) bond motifs is 1. The minimum absolute atomic E-state index is 0.00866. The van der Waals surface area contributed by atoms with E-state index in [2.05, 4.69) is 10.6 Å². The van der Waals surface area contributed by atoms with Crippen molar-refractivity contribution in [2.75, 3.05) is 0 Å². The molecule has 1 fully saturated rings. The van der Waals surface area contributed by atoms with E-state index >= 15 is 0 Å². The summed E-state index contributed by atoms with van der Waals surface area (Å²) in [6.45, 7) is 3.88. The molecular formula is C23H30N2O3. The monoisotopic (exact) mass is 382 g/mol. The fraction of sp³-hybridized carbons (Fsp3) is 0.478. The van der Waals surface area contributed by atoms with Crippen LogP contribution in [0, 0.1) is 5.92 Å². The van der Waals surface area contributed by atoms with Gasteiger partial charge in [-0.1, -0.05) is 56.3 Å². The van der Waals surface area contributed by atoms with Crippen LogP contribution in [-0.2, 0) is 16.0 Å². The van der Waals surface area contributed by atoms with E-state index in [0.29, 0.717) is 12.8 Å². The zero-order valence-electron chi connectivity index (χ0n) is 16.7. The molecule has 0 radical (unpaired) electrons. The lowest BCUT2D eigenvalue weighted by Gasteiger charge is -2.29. The number of aliphatic hydroxyl groups is 1. The molecule has 3 rings (SSSR count). The van der Waals surface area contributed by atoms with Gasteiger partial charge in [0.1, 0.15) is 6.04 Å². The second kappa shape index (κ2) is 9.20. The van der Waals surface area contributed by atoms with Crippen molar-refractivity contribution in [2.24, 2.45) is 5.92 Å². The number of hydrogen-bond donors (Lipinski definition) is 3. The third kappa shape index (κ3) is 5.10. The van der Waals surface area contributed by atoms with Crippen molar-refractivity contribution in [3.05, 3.63) is 48.0 Å². The number of aliphatic hydroxyl groups excluding tert-OH is 1. The van der Waals surface area contributed by atoms with Crippen LogP contribution in [0.3, 0.4) is 0 Å². The predicted molar refractivity (Wildman–Crippen MR) is 111 cm³/mol. The molecule has 5 heteroatoms. The van der Waals surface area contributed by atoms with Gasteiger partial charge in [-0.25, -0.2) is 0 Å². The molecule has 3 N–H and O–H groups in total. The molecule has 0 aliphatic heterocycles. The quantitative estimate of drug-likeness (QED) is 0.719. The second-order valence-corrected chi connectivity index (χ2v) is 8.12. The Labute approximate surface area is 166 Å². The summed E-state index contributed by atoms with van der Waals surface area (Å²) in [6, 6.07) is 13.5. The Morgan fingerprint density at radius 1 is 1.04 bits per heavy atom. The summed E-state index contributed by atoms with van der Waals surface area (Å²) in [5.41, 5.74) is 0.958. The zero-order chi connectivity index (χ0) is 20.1. The van der Waals surface area contributed by atoms with Crippen LogP contribution in [-0.4, -0.2) is 35.1 Å². The lowest BCUT2D eigenvalue weighted by molar-refractivity contribution is -0.130. The third-order valence-corrected chi connectivity index (χ3v) is 5.54. The van der Waals surface area contributed by atoms with Crippen molar-refractivity contribution < 1.29 is 14.7 Å². The number of carbonyl (C=O) groups excluding carboxylic acids is 2. The van der Waals surface area contributed by atoms with Gasteiger partial charge in [0.15, 0.2) is 0 Å². The van der Waals surface area contributed by atoms with Gasteiger partial charge < -0.3 is 15.7 Å². The SMILES string of the molecule is CC(C)C(NC(=O)Cc1cccc2ccccc12)C(=O)NC1CCC(O)CC1. The Balaban J connectivity index is 1.63. The molecule has 1 saturated carbocycles. The first-order valence-corrected chi connectivity index (χ1v) is 10.2. The maximum atomic E-state index is 12.7. The highest BCUT2D eigenvalue weighted by Crippen LogP contribution is 2.20. The number of benzene rings is 2. The fourth-order valence-electron chi connectivity index (χ4n) is 3.89. The number of nitrogens with one attached hydrogen (secondary N) is 2. The molecule has 150 valence electrons. The summed E-state index contributed by atoms with van der Waals surface area (Å²) in [7, 11) is 0. The molecule has 2 aromatic rings. The number of hydrogen-bond acceptors (Lipinski definition) is 3. The van der Waals surface area contributed by atoms with Gasteiger partial charge >= 0.3 is 0 Å². The normalized spacial score (nSPS) is 20.7. The average Bonchev–Trinajstić information content (AvgIpc) is 2.68. The van der Waals surface area contributed by atoms with Crippen molar-refractivity contribution in [3.63, 3.8) is 0 Å². The van der Waals surface area contributed by atoms with Crippen molar-refractivity contribution in [2.45, 2.75) is 64.1 Å². The first-order chi connectivity index (χ1) is 13.4. The topological polar surface area (TPSA) is 78.4 Å².